The van der Waals surface area contributed by atoms with E-state index in [-0.39, 0.29) is 23.3 Å². The standard InChI is InChI=1S/C26H32N4O3/c1-17-6-9-22(24(31)28-17)30-15-18-14-19(7-8-20(18)25(30)32)33-23-5-3-4-21(23)29-12-10-26(2,16-27)11-13-29/h7-8,14,21-23H,1,3-6,9-13,15H2,2H3,(H,28,31)/t21-,22?,23+/m0/s1. The summed E-state index contributed by atoms with van der Waals surface area (Å²) in [6.07, 6.45) is 6.52. The molecule has 0 spiro atoms. The van der Waals surface area contributed by atoms with E-state index in [1.165, 1.54) is 0 Å². The van der Waals surface area contributed by atoms with Crippen molar-refractivity contribution in [3.8, 4) is 11.8 Å². The number of ether oxygens (including phenoxy) is 1. The third kappa shape index (κ3) is 4.13. The number of allylic oxidation sites excluding steroid dienone is 1. The topological polar surface area (TPSA) is 85.7 Å². The van der Waals surface area contributed by atoms with Gasteiger partial charge in [-0.25, -0.2) is 0 Å². The summed E-state index contributed by atoms with van der Waals surface area (Å²) in [5, 5.41) is 12.2. The van der Waals surface area contributed by atoms with E-state index < -0.39 is 6.04 Å². The quantitative estimate of drug-likeness (QED) is 0.763. The van der Waals surface area contributed by atoms with Crippen LogP contribution < -0.4 is 10.1 Å². The van der Waals surface area contributed by atoms with Crippen LogP contribution in [0, 0.1) is 16.7 Å². The summed E-state index contributed by atoms with van der Waals surface area (Å²) in [6, 6.07) is 8.12. The lowest BCUT2D eigenvalue weighted by Crippen LogP contribution is -2.49. The fourth-order valence-corrected chi connectivity index (χ4v) is 5.80. The number of hydrogen-bond donors (Lipinski definition) is 1. The van der Waals surface area contributed by atoms with Crippen molar-refractivity contribution < 1.29 is 14.3 Å². The first-order valence-electron chi connectivity index (χ1n) is 12.1. The van der Waals surface area contributed by atoms with Gasteiger partial charge in [0.25, 0.3) is 5.91 Å². The summed E-state index contributed by atoms with van der Waals surface area (Å²) in [6.45, 7) is 8.21. The Hall–Kier alpha value is -2.85. The predicted octanol–water partition coefficient (Wildman–Crippen LogP) is 3.36. The van der Waals surface area contributed by atoms with Crippen molar-refractivity contribution >= 4 is 11.8 Å². The molecular formula is C26H32N4O3. The Morgan fingerprint density at radius 2 is 2.00 bits per heavy atom. The van der Waals surface area contributed by atoms with Crippen LogP contribution in [0.3, 0.4) is 0 Å². The van der Waals surface area contributed by atoms with E-state index in [2.05, 4.69) is 29.8 Å². The van der Waals surface area contributed by atoms with Gasteiger partial charge in [0.15, 0.2) is 0 Å². The second kappa shape index (κ2) is 8.49. The molecule has 7 heteroatoms. The Bertz CT molecular complexity index is 1020. The van der Waals surface area contributed by atoms with Crippen LogP contribution in [0.25, 0.3) is 0 Å². The number of rotatable bonds is 4. The van der Waals surface area contributed by atoms with Crippen LogP contribution in [-0.2, 0) is 11.3 Å². The van der Waals surface area contributed by atoms with Crippen LogP contribution >= 0.6 is 0 Å². The molecule has 4 aliphatic rings. The highest BCUT2D eigenvalue weighted by atomic mass is 16.5. The van der Waals surface area contributed by atoms with Gasteiger partial charge in [0.1, 0.15) is 17.9 Å². The normalized spacial score (nSPS) is 29.5. The van der Waals surface area contributed by atoms with Crippen molar-refractivity contribution in [1.29, 1.82) is 5.26 Å². The summed E-state index contributed by atoms with van der Waals surface area (Å²) in [7, 11) is 0. The van der Waals surface area contributed by atoms with Gasteiger partial charge < -0.3 is 15.0 Å². The first kappa shape index (κ1) is 22.0. The first-order valence-corrected chi connectivity index (χ1v) is 12.1. The molecule has 1 unspecified atom stereocenters. The second-order valence-electron chi connectivity index (χ2n) is 10.3. The monoisotopic (exact) mass is 448 g/mol. The third-order valence-corrected chi connectivity index (χ3v) is 7.95. The zero-order valence-electron chi connectivity index (χ0n) is 19.3. The molecule has 3 aliphatic heterocycles. The second-order valence-corrected chi connectivity index (χ2v) is 10.3. The number of piperidine rings is 2. The Labute approximate surface area is 195 Å². The molecule has 33 heavy (non-hydrogen) atoms. The molecule has 0 aromatic heterocycles. The molecule has 2 amide bonds. The van der Waals surface area contributed by atoms with Crippen LogP contribution in [0.4, 0.5) is 0 Å². The summed E-state index contributed by atoms with van der Waals surface area (Å²) in [5.41, 5.74) is 2.10. The van der Waals surface area contributed by atoms with E-state index >= 15 is 0 Å². The van der Waals surface area contributed by atoms with Crippen molar-refractivity contribution in [3.05, 3.63) is 41.6 Å². The number of carbonyl (C=O) groups is 2. The van der Waals surface area contributed by atoms with E-state index in [1.54, 1.807) is 4.90 Å². The van der Waals surface area contributed by atoms with Gasteiger partial charge in [0.2, 0.25) is 5.91 Å². The molecule has 1 aromatic rings. The average molecular weight is 449 g/mol. The molecular weight excluding hydrogens is 416 g/mol. The fourth-order valence-electron chi connectivity index (χ4n) is 5.80. The Morgan fingerprint density at radius 1 is 1.21 bits per heavy atom. The number of carbonyl (C=O) groups excluding carboxylic acids is 2. The van der Waals surface area contributed by atoms with Gasteiger partial charge in [0, 0.05) is 36.9 Å². The molecule has 3 heterocycles. The third-order valence-electron chi connectivity index (χ3n) is 7.95. The molecule has 0 radical (unpaired) electrons. The van der Waals surface area contributed by atoms with Gasteiger partial charge in [-0.3, -0.25) is 14.5 Å². The highest BCUT2D eigenvalue weighted by molar-refractivity contribution is 6.01. The van der Waals surface area contributed by atoms with Gasteiger partial charge in [-0.2, -0.15) is 5.26 Å². The van der Waals surface area contributed by atoms with E-state index in [1.807, 2.05) is 18.2 Å². The molecule has 3 fully saturated rings. The summed E-state index contributed by atoms with van der Waals surface area (Å²) in [4.78, 5) is 29.6. The van der Waals surface area contributed by atoms with E-state index in [4.69, 9.17) is 4.74 Å². The van der Waals surface area contributed by atoms with Gasteiger partial charge in [-0.1, -0.05) is 6.58 Å². The van der Waals surface area contributed by atoms with E-state index in [0.29, 0.717) is 36.7 Å². The molecule has 5 rings (SSSR count). The molecule has 174 valence electrons. The number of benzene rings is 1. The highest BCUT2D eigenvalue weighted by Gasteiger charge is 2.40. The number of likely N-dealkylation sites (tertiary alicyclic amines) is 1. The first-order chi connectivity index (χ1) is 15.9. The largest absolute Gasteiger partial charge is 0.489 e. The van der Waals surface area contributed by atoms with Crippen LogP contribution in [0.5, 0.6) is 5.75 Å². The predicted molar refractivity (Wildman–Crippen MR) is 123 cm³/mol. The zero-order chi connectivity index (χ0) is 23.2. The Morgan fingerprint density at radius 3 is 2.73 bits per heavy atom. The lowest BCUT2D eigenvalue weighted by molar-refractivity contribution is -0.126. The molecule has 1 aliphatic carbocycles. The zero-order valence-corrected chi connectivity index (χ0v) is 19.3. The number of amides is 2. The molecule has 3 atom stereocenters. The highest BCUT2D eigenvalue weighted by Crippen LogP contribution is 2.36. The fraction of sp³-hybridized carbons (Fsp3) is 0.577. The molecule has 1 aromatic carbocycles. The van der Waals surface area contributed by atoms with Crippen LogP contribution in [0.1, 0.15) is 67.8 Å². The number of nitrogens with one attached hydrogen (secondary N) is 1. The van der Waals surface area contributed by atoms with Crippen LogP contribution in [-0.4, -0.2) is 52.9 Å². The summed E-state index contributed by atoms with van der Waals surface area (Å²) < 4.78 is 6.47. The lowest BCUT2D eigenvalue weighted by Gasteiger charge is -2.40. The van der Waals surface area contributed by atoms with Crippen molar-refractivity contribution in [2.24, 2.45) is 5.41 Å². The van der Waals surface area contributed by atoms with Gasteiger partial charge in [0.05, 0.1) is 11.5 Å². The van der Waals surface area contributed by atoms with E-state index in [0.717, 1.165) is 56.5 Å². The number of nitriles is 1. The average Bonchev–Trinajstić information content (AvgIpc) is 3.39. The maximum Gasteiger partial charge on any atom is 0.255 e. The molecule has 2 saturated heterocycles. The Kier molecular flexibility index (Phi) is 5.65. The van der Waals surface area contributed by atoms with E-state index in [9.17, 15) is 14.9 Å². The maximum atomic E-state index is 13.0. The maximum absolute atomic E-state index is 13.0. The minimum Gasteiger partial charge on any atom is -0.489 e. The molecule has 1 saturated carbocycles. The number of fused-ring (bicyclic) bond motifs is 1. The number of hydrogen-bond acceptors (Lipinski definition) is 5. The summed E-state index contributed by atoms with van der Waals surface area (Å²) in [5.74, 6) is 0.559. The van der Waals surface area contributed by atoms with Crippen molar-refractivity contribution in [2.45, 2.75) is 76.6 Å². The van der Waals surface area contributed by atoms with Crippen LogP contribution in [0.2, 0.25) is 0 Å². The minimum absolute atomic E-state index is 0.0863. The minimum atomic E-state index is -0.447. The molecule has 7 nitrogen and oxygen atoms in total. The SMILES string of the molecule is C=C1CCC(N2Cc3cc(O[C@@H]4CCC[C@@H]4N4CCC(C)(C#N)CC4)ccc3C2=O)C(=O)N1. The van der Waals surface area contributed by atoms with Crippen molar-refractivity contribution in [1.82, 2.24) is 15.1 Å². The molecule has 1 N–H and O–H groups in total. The lowest BCUT2D eigenvalue weighted by atomic mass is 9.81. The smallest absolute Gasteiger partial charge is 0.255 e. The molecule has 0 bridgehead atoms. The number of nitrogens with zero attached hydrogens (tertiary/aromatic N) is 3. The van der Waals surface area contributed by atoms with Crippen molar-refractivity contribution in [2.75, 3.05) is 13.1 Å². The van der Waals surface area contributed by atoms with Gasteiger partial charge in [-0.05, 0) is 75.6 Å². The summed E-state index contributed by atoms with van der Waals surface area (Å²) >= 11 is 0. The van der Waals surface area contributed by atoms with Gasteiger partial charge in [-0.15, -0.1) is 0 Å². The van der Waals surface area contributed by atoms with Crippen molar-refractivity contribution in [3.63, 3.8) is 0 Å². The Balaban J connectivity index is 1.25. The van der Waals surface area contributed by atoms with Gasteiger partial charge >= 0.3 is 0 Å². The van der Waals surface area contributed by atoms with Crippen LogP contribution in [0.15, 0.2) is 30.5 Å².